The molecule has 1 aromatic heterocycles. The van der Waals surface area contributed by atoms with Crippen LogP contribution >= 0.6 is 0 Å². The number of amides is 1. The summed E-state index contributed by atoms with van der Waals surface area (Å²) in [6, 6.07) is 20.8. The molecule has 2 aromatic carbocycles. The molecule has 6 heteroatoms. The second-order valence-corrected chi connectivity index (χ2v) is 7.02. The number of aromatic nitrogens is 2. The van der Waals surface area contributed by atoms with Gasteiger partial charge in [-0.2, -0.15) is 5.26 Å². The average molecular weight is 385 g/mol. The molecular weight excluding hydrogens is 362 g/mol. The van der Waals surface area contributed by atoms with Crippen LogP contribution in [0.15, 0.2) is 60.7 Å². The van der Waals surface area contributed by atoms with Crippen LogP contribution in [0.3, 0.4) is 0 Å². The highest BCUT2D eigenvalue weighted by Gasteiger charge is 2.21. The van der Waals surface area contributed by atoms with Crippen molar-refractivity contribution >= 4 is 17.4 Å². The van der Waals surface area contributed by atoms with Crippen LogP contribution < -0.4 is 5.32 Å². The van der Waals surface area contributed by atoms with Gasteiger partial charge in [-0.15, -0.1) is 0 Å². The Balaban J connectivity index is 1.86. The molecule has 0 saturated heterocycles. The Morgan fingerprint density at radius 1 is 1.10 bits per heavy atom. The molecule has 0 bridgehead atoms. The summed E-state index contributed by atoms with van der Waals surface area (Å²) in [4.78, 5) is 23.7. The van der Waals surface area contributed by atoms with Gasteiger partial charge in [0.25, 0.3) is 5.91 Å². The minimum atomic E-state index is -0.150. The molecule has 0 aliphatic carbocycles. The SMILES string of the molecule is Cc1nc(Nc2cccc(C#N)c2)cc(C(=O)N(Cc2ccccc2)C(C)C)n1. The fourth-order valence-electron chi connectivity index (χ4n) is 2.97. The highest BCUT2D eigenvalue weighted by molar-refractivity contribution is 5.93. The van der Waals surface area contributed by atoms with Crippen LogP contribution in [0.4, 0.5) is 11.5 Å². The van der Waals surface area contributed by atoms with E-state index in [1.165, 1.54) is 0 Å². The lowest BCUT2D eigenvalue weighted by Gasteiger charge is -2.26. The van der Waals surface area contributed by atoms with E-state index in [1.54, 1.807) is 36.1 Å². The smallest absolute Gasteiger partial charge is 0.273 e. The van der Waals surface area contributed by atoms with Gasteiger partial charge in [0, 0.05) is 24.3 Å². The molecule has 146 valence electrons. The number of carbonyl (C=O) groups is 1. The van der Waals surface area contributed by atoms with Crippen LogP contribution in [0.25, 0.3) is 0 Å². The summed E-state index contributed by atoms with van der Waals surface area (Å²) in [6.07, 6.45) is 0. The standard InChI is InChI=1S/C23H23N5O/c1-16(2)28(15-18-8-5-4-6-9-18)23(29)21-13-22(26-17(3)25-21)27-20-11-7-10-19(12-20)14-24/h4-13,16H,15H2,1-3H3,(H,25,26,27). The number of nitriles is 1. The van der Waals surface area contributed by atoms with Crippen molar-refractivity contribution in [2.75, 3.05) is 5.32 Å². The normalized spacial score (nSPS) is 10.4. The van der Waals surface area contributed by atoms with Gasteiger partial charge < -0.3 is 10.2 Å². The lowest BCUT2D eigenvalue weighted by Crippen LogP contribution is -2.37. The lowest BCUT2D eigenvalue weighted by atomic mass is 10.1. The monoisotopic (exact) mass is 385 g/mol. The van der Waals surface area contributed by atoms with Crippen molar-refractivity contribution in [3.8, 4) is 6.07 Å². The van der Waals surface area contributed by atoms with E-state index in [2.05, 4.69) is 21.4 Å². The number of rotatable bonds is 6. The minimum Gasteiger partial charge on any atom is -0.340 e. The van der Waals surface area contributed by atoms with Crippen molar-refractivity contribution in [1.29, 1.82) is 5.26 Å². The Labute approximate surface area is 170 Å². The highest BCUT2D eigenvalue weighted by atomic mass is 16.2. The van der Waals surface area contributed by atoms with Gasteiger partial charge in [0.05, 0.1) is 11.6 Å². The van der Waals surface area contributed by atoms with E-state index in [9.17, 15) is 4.79 Å². The van der Waals surface area contributed by atoms with Gasteiger partial charge in [0.1, 0.15) is 17.3 Å². The molecule has 0 aliphatic rings. The Morgan fingerprint density at radius 2 is 1.86 bits per heavy atom. The number of nitrogens with zero attached hydrogens (tertiary/aromatic N) is 4. The van der Waals surface area contributed by atoms with E-state index in [-0.39, 0.29) is 11.9 Å². The van der Waals surface area contributed by atoms with Crippen LogP contribution in [0.1, 0.15) is 41.3 Å². The number of benzene rings is 2. The number of hydrogen-bond donors (Lipinski definition) is 1. The average Bonchev–Trinajstić information content (AvgIpc) is 2.72. The molecule has 0 unspecified atom stereocenters. The zero-order chi connectivity index (χ0) is 20.8. The molecule has 3 aromatic rings. The summed E-state index contributed by atoms with van der Waals surface area (Å²) in [6.45, 7) is 6.24. The quantitative estimate of drug-likeness (QED) is 0.678. The van der Waals surface area contributed by atoms with Crippen LogP contribution in [-0.2, 0) is 6.54 Å². The number of anilines is 2. The minimum absolute atomic E-state index is 0.0155. The van der Waals surface area contributed by atoms with E-state index in [0.717, 1.165) is 11.3 Å². The predicted octanol–water partition coefficient (Wildman–Crippen LogP) is 4.45. The summed E-state index contributed by atoms with van der Waals surface area (Å²) in [5, 5.41) is 12.2. The number of nitrogens with one attached hydrogen (secondary N) is 1. The predicted molar refractivity (Wildman–Crippen MR) is 113 cm³/mol. The summed E-state index contributed by atoms with van der Waals surface area (Å²) in [7, 11) is 0. The first-order chi connectivity index (χ1) is 14.0. The lowest BCUT2D eigenvalue weighted by molar-refractivity contribution is 0.0684. The van der Waals surface area contributed by atoms with Crippen LogP contribution in [0, 0.1) is 18.3 Å². The first-order valence-corrected chi connectivity index (χ1v) is 9.44. The maximum absolute atomic E-state index is 13.2. The Hall–Kier alpha value is -3.72. The Bertz CT molecular complexity index is 1040. The van der Waals surface area contributed by atoms with Crippen LogP contribution in [0.2, 0.25) is 0 Å². The van der Waals surface area contributed by atoms with Gasteiger partial charge in [-0.25, -0.2) is 9.97 Å². The third kappa shape index (κ3) is 5.17. The Morgan fingerprint density at radius 3 is 2.55 bits per heavy atom. The van der Waals surface area contributed by atoms with Crippen molar-refractivity contribution in [2.24, 2.45) is 0 Å². The summed E-state index contributed by atoms with van der Waals surface area (Å²) in [5.41, 5.74) is 2.67. The third-order valence-electron chi connectivity index (χ3n) is 4.40. The maximum Gasteiger partial charge on any atom is 0.273 e. The first kappa shape index (κ1) is 20.0. The fraction of sp³-hybridized carbons (Fsp3) is 0.217. The van der Waals surface area contributed by atoms with E-state index < -0.39 is 0 Å². The van der Waals surface area contributed by atoms with Gasteiger partial charge in [-0.3, -0.25) is 4.79 Å². The van der Waals surface area contributed by atoms with Gasteiger partial charge in [0.2, 0.25) is 0 Å². The molecule has 0 fully saturated rings. The molecule has 0 atom stereocenters. The van der Waals surface area contributed by atoms with E-state index >= 15 is 0 Å². The van der Waals surface area contributed by atoms with E-state index in [4.69, 9.17) is 5.26 Å². The van der Waals surface area contributed by atoms with E-state index in [1.807, 2.05) is 50.2 Å². The largest absolute Gasteiger partial charge is 0.340 e. The Kier molecular flexibility index (Phi) is 6.20. The van der Waals surface area contributed by atoms with Gasteiger partial charge >= 0.3 is 0 Å². The zero-order valence-electron chi connectivity index (χ0n) is 16.8. The van der Waals surface area contributed by atoms with Crippen molar-refractivity contribution < 1.29 is 4.79 Å². The molecule has 29 heavy (non-hydrogen) atoms. The second-order valence-electron chi connectivity index (χ2n) is 7.02. The molecule has 0 spiro atoms. The van der Waals surface area contributed by atoms with Crippen molar-refractivity contribution in [1.82, 2.24) is 14.9 Å². The molecule has 1 N–H and O–H groups in total. The molecule has 1 amide bonds. The summed E-state index contributed by atoms with van der Waals surface area (Å²) >= 11 is 0. The molecule has 0 radical (unpaired) electrons. The second kappa shape index (κ2) is 8.98. The van der Waals surface area contributed by atoms with E-state index in [0.29, 0.717) is 29.4 Å². The fourth-order valence-corrected chi connectivity index (χ4v) is 2.97. The summed E-state index contributed by atoms with van der Waals surface area (Å²) < 4.78 is 0. The number of carbonyl (C=O) groups excluding carboxylic acids is 1. The van der Waals surface area contributed by atoms with Crippen molar-refractivity contribution in [3.05, 3.63) is 83.3 Å². The summed E-state index contributed by atoms with van der Waals surface area (Å²) in [5.74, 6) is 0.862. The molecule has 1 heterocycles. The number of aryl methyl sites for hydroxylation is 1. The number of hydrogen-bond acceptors (Lipinski definition) is 5. The third-order valence-corrected chi connectivity index (χ3v) is 4.40. The van der Waals surface area contributed by atoms with Crippen molar-refractivity contribution in [2.45, 2.75) is 33.4 Å². The first-order valence-electron chi connectivity index (χ1n) is 9.44. The molecule has 0 aliphatic heterocycles. The zero-order valence-corrected chi connectivity index (χ0v) is 16.8. The van der Waals surface area contributed by atoms with Crippen LogP contribution in [-0.4, -0.2) is 26.8 Å². The van der Waals surface area contributed by atoms with Gasteiger partial charge in [0.15, 0.2) is 0 Å². The highest BCUT2D eigenvalue weighted by Crippen LogP contribution is 2.19. The van der Waals surface area contributed by atoms with Gasteiger partial charge in [-0.1, -0.05) is 36.4 Å². The maximum atomic E-state index is 13.2. The molecular formula is C23H23N5O. The molecule has 3 rings (SSSR count). The van der Waals surface area contributed by atoms with Crippen molar-refractivity contribution in [3.63, 3.8) is 0 Å². The van der Waals surface area contributed by atoms with Gasteiger partial charge in [-0.05, 0) is 44.5 Å². The topological polar surface area (TPSA) is 81.9 Å². The van der Waals surface area contributed by atoms with Crippen LogP contribution in [0.5, 0.6) is 0 Å². The molecule has 0 saturated carbocycles. The molecule has 6 nitrogen and oxygen atoms in total.